The van der Waals surface area contributed by atoms with Gasteiger partial charge in [-0.15, -0.1) is 12.4 Å². The Kier molecular flexibility index (Phi) is 7.25. The first-order valence-corrected chi connectivity index (χ1v) is 6.62. The molecule has 0 atom stereocenters. The SMILES string of the molecule is CCCn1nccc1CNCc1cnn(CCF)c1.Cl. The van der Waals surface area contributed by atoms with Crippen LogP contribution in [0.5, 0.6) is 0 Å². The highest BCUT2D eigenvalue weighted by molar-refractivity contribution is 5.85. The Bertz CT molecular complexity index is 496. The van der Waals surface area contributed by atoms with Crippen LogP contribution in [0.1, 0.15) is 24.6 Å². The van der Waals surface area contributed by atoms with Crippen LogP contribution in [-0.4, -0.2) is 26.2 Å². The number of hydrogen-bond donors (Lipinski definition) is 1. The van der Waals surface area contributed by atoms with E-state index in [-0.39, 0.29) is 19.1 Å². The van der Waals surface area contributed by atoms with E-state index in [1.165, 1.54) is 5.69 Å². The van der Waals surface area contributed by atoms with Gasteiger partial charge in [-0.25, -0.2) is 4.39 Å². The topological polar surface area (TPSA) is 47.7 Å². The quantitative estimate of drug-likeness (QED) is 0.813. The molecule has 0 aliphatic carbocycles. The van der Waals surface area contributed by atoms with E-state index in [0.29, 0.717) is 6.54 Å². The molecule has 20 heavy (non-hydrogen) atoms. The summed E-state index contributed by atoms with van der Waals surface area (Å²) in [7, 11) is 0. The molecule has 0 bridgehead atoms. The first-order chi connectivity index (χ1) is 9.33. The largest absolute Gasteiger partial charge is 0.307 e. The summed E-state index contributed by atoms with van der Waals surface area (Å²) in [6, 6.07) is 2.02. The van der Waals surface area contributed by atoms with Crippen molar-refractivity contribution in [2.24, 2.45) is 0 Å². The van der Waals surface area contributed by atoms with E-state index < -0.39 is 0 Å². The third kappa shape index (κ3) is 4.61. The Morgan fingerprint density at radius 2 is 2.10 bits per heavy atom. The van der Waals surface area contributed by atoms with Crippen molar-refractivity contribution in [3.05, 3.63) is 35.9 Å². The first-order valence-electron chi connectivity index (χ1n) is 6.62. The lowest BCUT2D eigenvalue weighted by Crippen LogP contribution is -2.16. The van der Waals surface area contributed by atoms with Crippen LogP contribution < -0.4 is 5.32 Å². The van der Waals surface area contributed by atoms with Gasteiger partial charge in [-0.05, 0) is 12.5 Å². The van der Waals surface area contributed by atoms with Gasteiger partial charge in [-0.2, -0.15) is 10.2 Å². The highest BCUT2D eigenvalue weighted by atomic mass is 35.5. The van der Waals surface area contributed by atoms with Gasteiger partial charge < -0.3 is 5.32 Å². The second-order valence-corrected chi connectivity index (χ2v) is 4.45. The molecule has 0 saturated carbocycles. The molecule has 112 valence electrons. The van der Waals surface area contributed by atoms with E-state index >= 15 is 0 Å². The fourth-order valence-electron chi connectivity index (χ4n) is 1.96. The van der Waals surface area contributed by atoms with E-state index in [9.17, 15) is 4.39 Å². The molecule has 0 radical (unpaired) electrons. The molecular formula is C13H21ClFN5. The summed E-state index contributed by atoms with van der Waals surface area (Å²) >= 11 is 0. The van der Waals surface area contributed by atoms with Crippen molar-refractivity contribution in [2.75, 3.05) is 6.67 Å². The Hall–Kier alpha value is -1.40. The second-order valence-electron chi connectivity index (χ2n) is 4.45. The molecule has 0 amide bonds. The molecule has 2 aromatic heterocycles. The number of rotatable bonds is 8. The molecule has 0 aromatic carbocycles. The van der Waals surface area contributed by atoms with E-state index in [4.69, 9.17) is 0 Å². The first kappa shape index (κ1) is 16.7. The minimum absolute atomic E-state index is 0. The van der Waals surface area contributed by atoms with Gasteiger partial charge in [0.2, 0.25) is 0 Å². The van der Waals surface area contributed by atoms with Crippen LogP contribution in [0.25, 0.3) is 0 Å². The van der Waals surface area contributed by atoms with Crippen molar-refractivity contribution in [1.82, 2.24) is 24.9 Å². The van der Waals surface area contributed by atoms with Gasteiger partial charge in [0.25, 0.3) is 0 Å². The summed E-state index contributed by atoms with van der Waals surface area (Å²) in [5.41, 5.74) is 2.24. The summed E-state index contributed by atoms with van der Waals surface area (Å²) < 4.78 is 15.8. The summed E-state index contributed by atoms with van der Waals surface area (Å²) in [4.78, 5) is 0. The highest BCUT2D eigenvalue weighted by Gasteiger charge is 2.02. The predicted octanol–water partition coefficient (Wildman–Crippen LogP) is 2.17. The average molecular weight is 302 g/mol. The van der Waals surface area contributed by atoms with Crippen LogP contribution in [0.3, 0.4) is 0 Å². The normalized spacial score (nSPS) is 10.5. The zero-order valence-corrected chi connectivity index (χ0v) is 12.4. The van der Waals surface area contributed by atoms with Crippen LogP contribution in [0.15, 0.2) is 24.7 Å². The van der Waals surface area contributed by atoms with Gasteiger partial charge in [0.1, 0.15) is 6.67 Å². The highest BCUT2D eigenvalue weighted by Crippen LogP contribution is 2.02. The van der Waals surface area contributed by atoms with Gasteiger partial charge >= 0.3 is 0 Å². The number of aryl methyl sites for hydroxylation is 2. The lowest BCUT2D eigenvalue weighted by atomic mass is 10.3. The molecule has 0 aliphatic rings. The minimum Gasteiger partial charge on any atom is -0.307 e. The van der Waals surface area contributed by atoms with Gasteiger partial charge in [-0.3, -0.25) is 9.36 Å². The maximum Gasteiger partial charge on any atom is 0.109 e. The number of hydrogen-bond acceptors (Lipinski definition) is 3. The van der Waals surface area contributed by atoms with Gasteiger partial charge in [0.15, 0.2) is 0 Å². The molecule has 2 rings (SSSR count). The van der Waals surface area contributed by atoms with Gasteiger partial charge in [0, 0.05) is 37.6 Å². The van der Waals surface area contributed by atoms with Crippen molar-refractivity contribution in [3.63, 3.8) is 0 Å². The lowest BCUT2D eigenvalue weighted by Gasteiger charge is -2.06. The fourth-order valence-corrected chi connectivity index (χ4v) is 1.96. The summed E-state index contributed by atoms with van der Waals surface area (Å²) in [6.07, 6.45) is 6.54. The summed E-state index contributed by atoms with van der Waals surface area (Å²) in [5.74, 6) is 0. The van der Waals surface area contributed by atoms with Crippen LogP contribution in [0.4, 0.5) is 4.39 Å². The van der Waals surface area contributed by atoms with E-state index in [2.05, 4.69) is 22.4 Å². The Morgan fingerprint density at radius 1 is 1.25 bits per heavy atom. The molecule has 0 unspecified atom stereocenters. The third-order valence-corrected chi connectivity index (χ3v) is 2.88. The molecule has 7 heteroatoms. The van der Waals surface area contributed by atoms with Crippen molar-refractivity contribution in [2.45, 2.75) is 39.5 Å². The van der Waals surface area contributed by atoms with Crippen molar-refractivity contribution in [3.8, 4) is 0 Å². The number of aromatic nitrogens is 4. The molecule has 1 N–H and O–H groups in total. The van der Waals surface area contributed by atoms with Crippen LogP contribution in [-0.2, 0) is 26.2 Å². The van der Waals surface area contributed by atoms with Crippen LogP contribution in [0.2, 0.25) is 0 Å². The fraction of sp³-hybridized carbons (Fsp3) is 0.538. The third-order valence-electron chi connectivity index (χ3n) is 2.88. The zero-order valence-electron chi connectivity index (χ0n) is 11.6. The van der Waals surface area contributed by atoms with E-state index in [0.717, 1.165) is 31.6 Å². The average Bonchev–Trinajstić information content (AvgIpc) is 3.01. The van der Waals surface area contributed by atoms with Gasteiger partial charge in [-0.1, -0.05) is 6.92 Å². The number of halogens is 2. The molecule has 0 fully saturated rings. The smallest absolute Gasteiger partial charge is 0.109 e. The summed E-state index contributed by atoms with van der Waals surface area (Å²) in [6.45, 7) is 4.52. The Morgan fingerprint density at radius 3 is 2.85 bits per heavy atom. The molecule has 0 aliphatic heterocycles. The van der Waals surface area contributed by atoms with Crippen molar-refractivity contribution >= 4 is 12.4 Å². The lowest BCUT2D eigenvalue weighted by molar-refractivity contribution is 0.427. The maximum absolute atomic E-state index is 12.2. The Labute approximate surface area is 124 Å². The number of nitrogens with one attached hydrogen (secondary N) is 1. The van der Waals surface area contributed by atoms with Crippen molar-refractivity contribution < 1.29 is 4.39 Å². The molecule has 0 spiro atoms. The van der Waals surface area contributed by atoms with E-state index in [1.807, 2.05) is 23.1 Å². The molecule has 2 heterocycles. The van der Waals surface area contributed by atoms with Crippen molar-refractivity contribution in [1.29, 1.82) is 0 Å². The van der Waals surface area contributed by atoms with Crippen LogP contribution >= 0.6 is 12.4 Å². The predicted molar refractivity (Wildman–Crippen MR) is 78.5 cm³/mol. The maximum atomic E-state index is 12.2. The minimum atomic E-state index is -0.384. The number of alkyl halides is 1. The van der Waals surface area contributed by atoms with Crippen LogP contribution in [0, 0.1) is 0 Å². The molecule has 2 aromatic rings. The van der Waals surface area contributed by atoms with Gasteiger partial charge in [0.05, 0.1) is 18.4 Å². The number of nitrogens with zero attached hydrogens (tertiary/aromatic N) is 4. The monoisotopic (exact) mass is 301 g/mol. The Balaban J connectivity index is 0.00000200. The standard InChI is InChI=1S/C13H20FN5.ClH/c1-2-6-19-13(3-5-16-19)10-15-8-12-9-17-18(11-12)7-4-14;/h3,5,9,11,15H,2,4,6-8,10H2,1H3;1H. The molecule has 0 saturated heterocycles. The molecule has 5 nitrogen and oxygen atoms in total. The zero-order chi connectivity index (χ0) is 13.5. The summed E-state index contributed by atoms with van der Waals surface area (Å²) in [5, 5.41) is 11.7. The molecular weight excluding hydrogens is 281 g/mol. The van der Waals surface area contributed by atoms with E-state index in [1.54, 1.807) is 10.9 Å². The second kappa shape index (κ2) is 8.71.